The molecule has 14 heavy (non-hydrogen) atoms. The molecule has 0 aromatic carbocycles. The topological polar surface area (TPSA) is 21.3 Å². The van der Waals surface area contributed by atoms with Crippen LogP contribution in [0.5, 0.6) is 0 Å². The molecule has 3 atom stereocenters. The zero-order valence-electron chi connectivity index (χ0n) is 10.0. The molecule has 0 amide bonds. The van der Waals surface area contributed by atoms with Crippen LogP contribution in [0.1, 0.15) is 47.0 Å². The lowest BCUT2D eigenvalue weighted by molar-refractivity contribution is -0.0866. The minimum Gasteiger partial charge on any atom is -0.372 e. The fourth-order valence-corrected chi connectivity index (χ4v) is 2.37. The van der Waals surface area contributed by atoms with Gasteiger partial charge in [0.1, 0.15) is 0 Å². The summed E-state index contributed by atoms with van der Waals surface area (Å²) >= 11 is 0. The van der Waals surface area contributed by atoms with Gasteiger partial charge < -0.3 is 10.1 Å². The van der Waals surface area contributed by atoms with Gasteiger partial charge in [-0.3, -0.25) is 0 Å². The van der Waals surface area contributed by atoms with Crippen LogP contribution < -0.4 is 5.32 Å². The summed E-state index contributed by atoms with van der Waals surface area (Å²) < 4.78 is 6.13. The molecule has 2 nitrogen and oxygen atoms in total. The number of hydrogen-bond acceptors (Lipinski definition) is 2. The van der Waals surface area contributed by atoms with E-state index in [0.29, 0.717) is 18.2 Å². The highest BCUT2D eigenvalue weighted by molar-refractivity contribution is 4.83. The van der Waals surface area contributed by atoms with Crippen molar-refractivity contribution in [3.05, 3.63) is 0 Å². The summed E-state index contributed by atoms with van der Waals surface area (Å²) in [6.07, 6.45) is 4.42. The van der Waals surface area contributed by atoms with Crippen LogP contribution in [-0.4, -0.2) is 24.8 Å². The summed E-state index contributed by atoms with van der Waals surface area (Å²) in [5.41, 5.74) is 0. The molecule has 2 heteroatoms. The largest absolute Gasteiger partial charge is 0.372 e. The second kappa shape index (κ2) is 5.72. The first kappa shape index (κ1) is 12.0. The molecule has 84 valence electrons. The van der Waals surface area contributed by atoms with Crippen molar-refractivity contribution in [1.29, 1.82) is 0 Å². The van der Waals surface area contributed by atoms with Crippen LogP contribution in [0.15, 0.2) is 0 Å². The molecule has 1 saturated heterocycles. The van der Waals surface area contributed by atoms with Crippen molar-refractivity contribution in [3.63, 3.8) is 0 Å². The third kappa shape index (κ3) is 2.71. The zero-order valence-corrected chi connectivity index (χ0v) is 10.0. The Morgan fingerprint density at radius 2 is 1.93 bits per heavy atom. The van der Waals surface area contributed by atoms with Gasteiger partial charge in [-0.15, -0.1) is 0 Å². The highest BCUT2D eigenvalue weighted by Crippen LogP contribution is 2.22. The lowest BCUT2D eigenvalue weighted by atomic mass is 9.94. The zero-order chi connectivity index (χ0) is 10.6. The van der Waals surface area contributed by atoms with E-state index in [-0.39, 0.29) is 0 Å². The van der Waals surface area contributed by atoms with Crippen molar-refractivity contribution < 1.29 is 4.74 Å². The van der Waals surface area contributed by atoms with E-state index in [1.807, 2.05) is 0 Å². The minimum absolute atomic E-state index is 0.411. The van der Waals surface area contributed by atoms with Crippen LogP contribution in [0.4, 0.5) is 0 Å². The van der Waals surface area contributed by atoms with Gasteiger partial charge >= 0.3 is 0 Å². The summed E-state index contributed by atoms with van der Waals surface area (Å²) in [6, 6.07) is 0.519. The molecule has 0 aromatic rings. The predicted octanol–water partition coefficient (Wildman–Crippen LogP) is 2.58. The molecule has 0 saturated carbocycles. The van der Waals surface area contributed by atoms with Crippen molar-refractivity contribution in [1.82, 2.24) is 5.32 Å². The molecule has 0 spiro atoms. The summed E-state index contributed by atoms with van der Waals surface area (Å²) in [5, 5.41) is 3.56. The maximum Gasteiger partial charge on any atom is 0.0732 e. The highest BCUT2D eigenvalue weighted by Gasteiger charge is 2.30. The van der Waals surface area contributed by atoms with Crippen LogP contribution in [0.25, 0.3) is 0 Å². The van der Waals surface area contributed by atoms with E-state index >= 15 is 0 Å². The first-order chi connectivity index (χ1) is 6.72. The van der Waals surface area contributed by atoms with Gasteiger partial charge in [0.15, 0.2) is 0 Å². The Bertz CT molecular complexity index is 154. The van der Waals surface area contributed by atoms with Crippen molar-refractivity contribution in [2.45, 2.75) is 65.2 Å². The van der Waals surface area contributed by atoms with Crippen molar-refractivity contribution >= 4 is 0 Å². The Kier molecular flexibility index (Phi) is 4.90. The van der Waals surface area contributed by atoms with Crippen LogP contribution in [0, 0.1) is 5.92 Å². The first-order valence-electron chi connectivity index (χ1n) is 6.11. The van der Waals surface area contributed by atoms with Gasteiger partial charge in [0.2, 0.25) is 0 Å². The van der Waals surface area contributed by atoms with Crippen LogP contribution >= 0.6 is 0 Å². The van der Waals surface area contributed by atoms with Gasteiger partial charge in [-0.2, -0.15) is 0 Å². The first-order valence-corrected chi connectivity index (χ1v) is 6.11. The Morgan fingerprint density at radius 1 is 1.29 bits per heavy atom. The second-order valence-electron chi connectivity index (χ2n) is 4.39. The summed E-state index contributed by atoms with van der Waals surface area (Å²) in [7, 11) is 0. The monoisotopic (exact) mass is 199 g/mol. The number of morpholine rings is 1. The molecule has 3 unspecified atom stereocenters. The molecule has 0 aliphatic carbocycles. The molecule has 1 N–H and O–H groups in total. The van der Waals surface area contributed by atoms with Crippen molar-refractivity contribution in [2.24, 2.45) is 5.92 Å². The van der Waals surface area contributed by atoms with E-state index in [1.165, 1.54) is 12.8 Å². The van der Waals surface area contributed by atoms with E-state index in [2.05, 4.69) is 33.0 Å². The Labute approximate surface area is 88.4 Å². The predicted molar refractivity (Wildman–Crippen MR) is 60.5 cm³/mol. The molecule has 0 bridgehead atoms. The lowest BCUT2D eigenvalue weighted by Gasteiger charge is -2.38. The maximum absolute atomic E-state index is 6.13. The third-order valence-corrected chi connectivity index (χ3v) is 3.53. The van der Waals surface area contributed by atoms with Gasteiger partial charge in [-0.1, -0.05) is 33.6 Å². The Morgan fingerprint density at radius 3 is 2.43 bits per heavy atom. The van der Waals surface area contributed by atoms with Crippen LogP contribution in [0.2, 0.25) is 0 Å². The Hall–Kier alpha value is -0.0800. The van der Waals surface area contributed by atoms with Gasteiger partial charge in [-0.25, -0.2) is 0 Å². The van der Waals surface area contributed by atoms with E-state index in [9.17, 15) is 0 Å². The molecule has 1 aliphatic heterocycles. The average molecular weight is 199 g/mol. The number of ether oxygens (including phenoxy) is 1. The molecule has 1 aliphatic rings. The number of rotatable bonds is 4. The van der Waals surface area contributed by atoms with Crippen molar-refractivity contribution in [3.8, 4) is 0 Å². The lowest BCUT2D eigenvalue weighted by Crippen LogP contribution is -2.52. The number of nitrogens with one attached hydrogen (secondary N) is 1. The maximum atomic E-state index is 6.13. The fourth-order valence-electron chi connectivity index (χ4n) is 2.37. The SMILES string of the molecule is CCC(CC)C1CNC(C)C(CC)O1. The third-order valence-electron chi connectivity index (χ3n) is 3.53. The average Bonchev–Trinajstić information content (AvgIpc) is 2.22. The van der Waals surface area contributed by atoms with Gasteiger partial charge in [0.25, 0.3) is 0 Å². The van der Waals surface area contributed by atoms with E-state index in [0.717, 1.165) is 18.9 Å². The summed E-state index contributed by atoms with van der Waals surface area (Å²) in [4.78, 5) is 0. The Balaban J connectivity index is 2.48. The molecule has 0 aromatic heterocycles. The van der Waals surface area contributed by atoms with Crippen molar-refractivity contribution in [2.75, 3.05) is 6.54 Å². The van der Waals surface area contributed by atoms with Gasteiger partial charge in [0.05, 0.1) is 12.2 Å². The summed E-state index contributed by atoms with van der Waals surface area (Å²) in [6.45, 7) is 9.98. The van der Waals surface area contributed by atoms with E-state index in [1.54, 1.807) is 0 Å². The van der Waals surface area contributed by atoms with Gasteiger partial charge in [-0.05, 0) is 19.3 Å². The normalized spacial score (nSPS) is 33.6. The molecular formula is C12H25NO. The molecule has 1 fully saturated rings. The smallest absolute Gasteiger partial charge is 0.0732 e. The quantitative estimate of drug-likeness (QED) is 0.751. The number of hydrogen-bond donors (Lipinski definition) is 1. The van der Waals surface area contributed by atoms with Crippen LogP contribution in [0.3, 0.4) is 0 Å². The van der Waals surface area contributed by atoms with E-state index in [4.69, 9.17) is 4.74 Å². The standard InChI is InChI=1S/C12H25NO/c1-5-10(6-2)12-8-13-9(4)11(7-3)14-12/h9-13H,5-8H2,1-4H3. The highest BCUT2D eigenvalue weighted by atomic mass is 16.5. The molecule has 1 rings (SSSR count). The summed E-state index contributed by atoms with van der Waals surface area (Å²) in [5.74, 6) is 0.726. The second-order valence-corrected chi connectivity index (χ2v) is 4.39. The minimum atomic E-state index is 0.411. The molecule has 0 radical (unpaired) electrons. The fraction of sp³-hybridized carbons (Fsp3) is 1.00. The van der Waals surface area contributed by atoms with Gasteiger partial charge in [0, 0.05) is 12.6 Å². The van der Waals surface area contributed by atoms with Crippen LogP contribution in [-0.2, 0) is 4.74 Å². The molecular weight excluding hydrogens is 174 g/mol. The molecule has 1 heterocycles. The van der Waals surface area contributed by atoms with E-state index < -0.39 is 0 Å².